The number of aromatic nitrogens is 4. The zero-order chi connectivity index (χ0) is 20.0. The fourth-order valence-corrected chi connectivity index (χ4v) is 2.16. The van der Waals surface area contributed by atoms with Gasteiger partial charge in [-0.1, -0.05) is 0 Å². The van der Waals surface area contributed by atoms with E-state index < -0.39 is 11.5 Å². The average Bonchev–Trinajstić information content (AvgIpc) is 3.06. The first-order chi connectivity index (χ1) is 12.7. The Hall–Kier alpha value is -3.17. The summed E-state index contributed by atoms with van der Waals surface area (Å²) in [6, 6.07) is 5.17. The van der Waals surface area contributed by atoms with Crippen LogP contribution < -0.4 is 14.8 Å². The summed E-state index contributed by atoms with van der Waals surface area (Å²) in [6.07, 6.45) is 0. The van der Waals surface area contributed by atoms with Crippen molar-refractivity contribution in [1.82, 2.24) is 25.5 Å². The second-order valence-corrected chi connectivity index (χ2v) is 6.67. The number of hydrogen-bond acceptors (Lipinski definition) is 8. The molecule has 0 saturated carbocycles. The van der Waals surface area contributed by atoms with Gasteiger partial charge in [-0.05, 0) is 44.2 Å². The Morgan fingerprint density at radius 3 is 2.48 bits per heavy atom. The maximum Gasteiger partial charge on any atom is 0.330 e. The molecule has 0 aliphatic heterocycles. The van der Waals surface area contributed by atoms with Gasteiger partial charge in [-0.2, -0.15) is 4.80 Å². The summed E-state index contributed by atoms with van der Waals surface area (Å²) >= 11 is 0. The molecule has 0 radical (unpaired) electrons. The van der Waals surface area contributed by atoms with Crippen LogP contribution in [-0.4, -0.2) is 58.4 Å². The van der Waals surface area contributed by atoms with Crippen molar-refractivity contribution in [3.05, 3.63) is 18.2 Å². The highest BCUT2D eigenvalue weighted by molar-refractivity contribution is 5.80. The van der Waals surface area contributed by atoms with Crippen molar-refractivity contribution in [2.24, 2.45) is 0 Å². The molecule has 0 atom stereocenters. The molecule has 0 bridgehead atoms. The molecule has 2 rings (SSSR count). The fourth-order valence-electron chi connectivity index (χ4n) is 2.16. The van der Waals surface area contributed by atoms with Gasteiger partial charge in [0, 0.05) is 11.1 Å². The zero-order valence-corrected chi connectivity index (χ0v) is 16.0. The van der Waals surface area contributed by atoms with Crippen LogP contribution in [0.15, 0.2) is 18.2 Å². The van der Waals surface area contributed by atoms with Gasteiger partial charge in [-0.3, -0.25) is 4.79 Å². The van der Waals surface area contributed by atoms with E-state index in [0.29, 0.717) is 22.9 Å². The highest BCUT2D eigenvalue weighted by Crippen LogP contribution is 2.30. The fraction of sp³-hybridized carbons (Fsp3) is 0.471. The van der Waals surface area contributed by atoms with Crippen molar-refractivity contribution >= 4 is 11.9 Å². The number of methoxy groups -OCH3 is 2. The minimum Gasteiger partial charge on any atom is -0.493 e. The number of carbonyl (C=O) groups is 2. The first-order valence-electron chi connectivity index (χ1n) is 8.18. The Kier molecular flexibility index (Phi) is 6.32. The van der Waals surface area contributed by atoms with E-state index in [1.165, 1.54) is 7.11 Å². The molecule has 0 aliphatic rings. The van der Waals surface area contributed by atoms with Gasteiger partial charge in [0.05, 0.1) is 14.2 Å². The van der Waals surface area contributed by atoms with E-state index in [-0.39, 0.29) is 19.1 Å². The van der Waals surface area contributed by atoms with Gasteiger partial charge in [0.1, 0.15) is 0 Å². The van der Waals surface area contributed by atoms with Crippen molar-refractivity contribution < 1.29 is 23.8 Å². The van der Waals surface area contributed by atoms with Gasteiger partial charge in [-0.15, -0.1) is 10.2 Å². The minimum absolute atomic E-state index is 0.261. The van der Waals surface area contributed by atoms with E-state index in [0.717, 1.165) is 4.80 Å². The van der Waals surface area contributed by atoms with Crippen LogP contribution in [0.2, 0.25) is 0 Å². The van der Waals surface area contributed by atoms with Crippen LogP contribution in [0, 0.1) is 0 Å². The molecule has 0 saturated heterocycles. The summed E-state index contributed by atoms with van der Waals surface area (Å²) in [6.45, 7) is 4.88. The maximum absolute atomic E-state index is 11.8. The second-order valence-electron chi connectivity index (χ2n) is 6.67. The van der Waals surface area contributed by atoms with Crippen LogP contribution in [-0.2, 0) is 20.9 Å². The molecule has 0 aliphatic carbocycles. The normalized spacial score (nSPS) is 11.0. The molecular formula is C17H23N5O5. The predicted molar refractivity (Wildman–Crippen MR) is 95.2 cm³/mol. The topological polar surface area (TPSA) is 117 Å². The van der Waals surface area contributed by atoms with Crippen molar-refractivity contribution in [1.29, 1.82) is 0 Å². The van der Waals surface area contributed by atoms with E-state index in [9.17, 15) is 9.59 Å². The predicted octanol–water partition coefficient (Wildman–Crippen LogP) is 0.815. The van der Waals surface area contributed by atoms with Gasteiger partial charge in [0.2, 0.25) is 5.82 Å². The molecule has 0 spiro atoms. The standard InChI is InChI=1S/C17H23N5O5/c1-17(2,3)18-14(23)10-27-15(24)9-22-20-16(19-21-22)11-6-7-12(25-4)13(8-11)26-5/h6-8H,9-10H2,1-5H3,(H,18,23). The van der Waals surface area contributed by atoms with Crippen LogP contribution in [0.5, 0.6) is 11.5 Å². The number of nitrogens with one attached hydrogen (secondary N) is 1. The second kappa shape index (κ2) is 8.47. The van der Waals surface area contributed by atoms with Crippen molar-refractivity contribution in [2.75, 3.05) is 20.8 Å². The molecule has 1 heterocycles. The lowest BCUT2D eigenvalue weighted by molar-refractivity contribution is -0.150. The van der Waals surface area contributed by atoms with Gasteiger partial charge >= 0.3 is 5.97 Å². The zero-order valence-electron chi connectivity index (χ0n) is 16.0. The first kappa shape index (κ1) is 20.1. The number of tetrazole rings is 1. The summed E-state index contributed by atoms with van der Waals surface area (Å²) in [5, 5.41) is 14.6. The molecule has 2 aromatic rings. The molecule has 10 heteroatoms. The molecule has 0 fully saturated rings. The molecular weight excluding hydrogens is 354 g/mol. The monoisotopic (exact) mass is 377 g/mol. The third kappa shape index (κ3) is 5.94. The quantitative estimate of drug-likeness (QED) is 0.705. The SMILES string of the molecule is COc1ccc(-c2nnn(CC(=O)OCC(=O)NC(C)(C)C)n2)cc1OC. The van der Waals surface area contributed by atoms with Crippen LogP contribution in [0.25, 0.3) is 11.4 Å². The van der Waals surface area contributed by atoms with Crippen LogP contribution >= 0.6 is 0 Å². The van der Waals surface area contributed by atoms with E-state index in [1.54, 1.807) is 25.3 Å². The van der Waals surface area contributed by atoms with Crippen molar-refractivity contribution in [3.63, 3.8) is 0 Å². The first-order valence-corrected chi connectivity index (χ1v) is 8.18. The molecule has 10 nitrogen and oxygen atoms in total. The molecule has 27 heavy (non-hydrogen) atoms. The van der Waals surface area contributed by atoms with Crippen LogP contribution in [0.4, 0.5) is 0 Å². The summed E-state index contributed by atoms with van der Waals surface area (Å²) < 4.78 is 15.3. The summed E-state index contributed by atoms with van der Waals surface area (Å²) in [5.41, 5.74) is 0.252. The molecule has 0 unspecified atom stereocenters. The lowest BCUT2D eigenvalue weighted by Crippen LogP contribution is -2.42. The van der Waals surface area contributed by atoms with Crippen molar-refractivity contribution in [2.45, 2.75) is 32.9 Å². The summed E-state index contributed by atoms with van der Waals surface area (Å²) in [4.78, 5) is 24.6. The maximum atomic E-state index is 11.8. The molecule has 1 amide bonds. The lowest BCUT2D eigenvalue weighted by atomic mass is 10.1. The highest BCUT2D eigenvalue weighted by Gasteiger charge is 2.16. The van der Waals surface area contributed by atoms with Gasteiger partial charge < -0.3 is 19.5 Å². The lowest BCUT2D eigenvalue weighted by Gasteiger charge is -2.20. The van der Waals surface area contributed by atoms with E-state index in [2.05, 4.69) is 20.7 Å². The number of esters is 1. The number of amides is 1. The number of hydrogen-bond donors (Lipinski definition) is 1. The number of carbonyl (C=O) groups excluding carboxylic acids is 2. The van der Waals surface area contributed by atoms with E-state index in [4.69, 9.17) is 14.2 Å². The van der Waals surface area contributed by atoms with Crippen LogP contribution in [0.3, 0.4) is 0 Å². The smallest absolute Gasteiger partial charge is 0.330 e. The Labute approximate surface area is 156 Å². The number of rotatable bonds is 7. The Morgan fingerprint density at radius 1 is 1.15 bits per heavy atom. The summed E-state index contributed by atoms with van der Waals surface area (Å²) in [7, 11) is 3.07. The third-order valence-corrected chi connectivity index (χ3v) is 3.24. The molecule has 146 valence electrons. The Bertz CT molecular complexity index is 812. The Morgan fingerprint density at radius 2 is 1.85 bits per heavy atom. The van der Waals surface area contributed by atoms with Crippen molar-refractivity contribution in [3.8, 4) is 22.9 Å². The van der Waals surface area contributed by atoms with Gasteiger partial charge in [0.25, 0.3) is 5.91 Å². The van der Waals surface area contributed by atoms with Crippen LogP contribution in [0.1, 0.15) is 20.8 Å². The largest absolute Gasteiger partial charge is 0.493 e. The molecule has 1 aromatic heterocycles. The molecule has 1 N–H and O–H groups in total. The number of nitrogens with zero attached hydrogens (tertiary/aromatic N) is 4. The highest BCUT2D eigenvalue weighted by atomic mass is 16.5. The third-order valence-electron chi connectivity index (χ3n) is 3.24. The summed E-state index contributed by atoms with van der Waals surface area (Å²) in [5.74, 6) is 0.388. The average molecular weight is 377 g/mol. The van der Waals surface area contributed by atoms with Gasteiger partial charge in [-0.25, -0.2) is 4.79 Å². The van der Waals surface area contributed by atoms with E-state index >= 15 is 0 Å². The van der Waals surface area contributed by atoms with E-state index in [1.807, 2.05) is 20.8 Å². The Balaban J connectivity index is 1.96. The number of benzene rings is 1. The number of ether oxygens (including phenoxy) is 3. The molecule has 1 aromatic carbocycles. The minimum atomic E-state index is -0.643. The van der Waals surface area contributed by atoms with Gasteiger partial charge in [0.15, 0.2) is 24.7 Å².